The zero-order chi connectivity index (χ0) is 9.97. The highest BCUT2D eigenvalue weighted by molar-refractivity contribution is 4.94. The van der Waals surface area contributed by atoms with E-state index < -0.39 is 0 Å². The summed E-state index contributed by atoms with van der Waals surface area (Å²) >= 11 is 0. The minimum absolute atomic E-state index is 0.362. The van der Waals surface area contributed by atoms with Gasteiger partial charge in [0.05, 0.1) is 12.7 Å². The molecular formula is C10H17N3O. The number of hydrogen-bond donors (Lipinski definition) is 1. The molecule has 2 heterocycles. The number of hydrogen-bond acceptors (Lipinski definition) is 4. The molecular weight excluding hydrogens is 178 g/mol. The van der Waals surface area contributed by atoms with Gasteiger partial charge in [-0.05, 0) is 12.3 Å². The van der Waals surface area contributed by atoms with Crippen molar-refractivity contribution >= 4 is 0 Å². The summed E-state index contributed by atoms with van der Waals surface area (Å²) in [7, 11) is 0. The normalized spacial score (nSPS) is 29.3. The van der Waals surface area contributed by atoms with Crippen LogP contribution in [-0.4, -0.2) is 29.2 Å². The number of rotatable bonds is 2. The molecule has 2 rings (SSSR count). The van der Waals surface area contributed by atoms with E-state index in [2.05, 4.69) is 17.0 Å². The van der Waals surface area contributed by atoms with E-state index in [9.17, 15) is 0 Å². The highest BCUT2D eigenvalue weighted by Gasteiger charge is 2.23. The molecule has 4 nitrogen and oxygen atoms in total. The van der Waals surface area contributed by atoms with Crippen LogP contribution < -0.4 is 5.73 Å². The third-order valence-electron chi connectivity index (χ3n) is 2.93. The smallest absolute Gasteiger partial charge is 0.150 e. The summed E-state index contributed by atoms with van der Waals surface area (Å²) in [5, 5.41) is 3.70. The first-order chi connectivity index (χ1) is 6.75. The molecule has 2 atom stereocenters. The number of nitrogens with two attached hydrogens (primary N) is 1. The van der Waals surface area contributed by atoms with Gasteiger partial charge < -0.3 is 10.3 Å². The summed E-state index contributed by atoms with van der Waals surface area (Å²) in [4.78, 5) is 2.37. The Balaban J connectivity index is 1.88. The number of piperidine rings is 1. The molecule has 1 saturated heterocycles. The third-order valence-corrected chi connectivity index (χ3v) is 2.93. The Morgan fingerprint density at radius 1 is 1.71 bits per heavy atom. The van der Waals surface area contributed by atoms with Crippen molar-refractivity contribution in [2.75, 3.05) is 13.1 Å². The van der Waals surface area contributed by atoms with Crippen molar-refractivity contribution in [2.24, 2.45) is 11.7 Å². The maximum atomic E-state index is 5.95. The van der Waals surface area contributed by atoms with Crippen LogP contribution in [0.25, 0.3) is 0 Å². The van der Waals surface area contributed by atoms with Crippen LogP contribution in [0.4, 0.5) is 0 Å². The van der Waals surface area contributed by atoms with E-state index in [0.717, 1.165) is 31.8 Å². The van der Waals surface area contributed by atoms with Crippen LogP contribution in [0.3, 0.4) is 0 Å². The van der Waals surface area contributed by atoms with Crippen molar-refractivity contribution in [3.05, 3.63) is 18.0 Å². The lowest BCUT2D eigenvalue weighted by atomic mass is 9.95. The van der Waals surface area contributed by atoms with Crippen molar-refractivity contribution in [1.29, 1.82) is 0 Å². The van der Waals surface area contributed by atoms with Crippen LogP contribution in [0, 0.1) is 5.92 Å². The van der Waals surface area contributed by atoms with Gasteiger partial charge in [0.1, 0.15) is 0 Å². The zero-order valence-corrected chi connectivity index (χ0v) is 8.52. The van der Waals surface area contributed by atoms with Crippen molar-refractivity contribution < 1.29 is 4.52 Å². The fraction of sp³-hybridized carbons (Fsp3) is 0.700. The zero-order valence-electron chi connectivity index (χ0n) is 8.52. The Morgan fingerprint density at radius 2 is 2.57 bits per heavy atom. The quantitative estimate of drug-likeness (QED) is 0.760. The number of aromatic nitrogens is 1. The van der Waals surface area contributed by atoms with Gasteiger partial charge in [0, 0.05) is 25.2 Å². The molecule has 1 fully saturated rings. The van der Waals surface area contributed by atoms with Gasteiger partial charge in [-0.3, -0.25) is 4.90 Å². The first kappa shape index (κ1) is 9.68. The first-order valence-corrected chi connectivity index (χ1v) is 5.13. The summed E-state index contributed by atoms with van der Waals surface area (Å²) in [5.74, 6) is 1.51. The molecule has 0 amide bonds. The molecule has 78 valence electrons. The first-order valence-electron chi connectivity index (χ1n) is 5.13. The number of likely N-dealkylation sites (tertiary alicyclic amines) is 1. The second kappa shape index (κ2) is 4.11. The third kappa shape index (κ3) is 2.13. The van der Waals surface area contributed by atoms with Crippen molar-refractivity contribution in [1.82, 2.24) is 10.1 Å². The largest absolute Gasteiger partial charge is 0.360 e. The van der Waals surface area contributed by atoms with E-state index in [-0.39, 0.29) is 0 Å². The molecule has 0 spiro atoms. The molecule has 1 aliphatic rings. The molecule has 14 heavy (non-hydrogen) atoms. The second-order valence-electron chi connectivity index (χ2n) is 4.14. The average molecular weight is 195 g/mol. The van der Waals surface area contributed by atoms with Gasteiger partial charge >= 0.3 is 0 Å². The summed E-state index contributed by atoms with van der Waals surface area (Å²) < 4.78 is 5.08. The van der Waals surface area contributed by atoms with E-state index in [1.54, 1.807) is 6.20 Å². The van der Waals surface area contributed by atoms with Gasteiger partial charge in [-0.2, -0.15) is 0 Å². The van der Waals surface area contributed by atoms with Gasteiger partial charge in [0.2, 0.25) is 0 Å². The molecule has 2 N–H and O–H groups in total. The predicted molar refractivity (Wildman–Crippen MR) is 53.5 cm³/mol. The fourth-order valence-corrected chi connectivity index (χ4v) is 1.94. The SMILES string of the molecule is CC1CN(Cc2ccno2)CCC1N. The molecule has 0 saturated carbocycles. The molecule has 4 heteroatoms. The standard InChI is InChI=1S/C10H17N3O/c1-8-6-13(5-3-10(8)11)7-9-2-4-12-14-9/h2,4,8,10H,3,5-7,11H2,1H3. The van der Waals surface area contributed by atoms with Crippen LogP contribution in [0.15, 0.2) is 16.8 Å². The fourth-order valence-electron chi connectivity index (χ4n) is 1.94. The topological polar surface area (TPSA) is 55.3 Å². The molecule has 0 radical (unpaired) electrons. The summed E-state index contributed by atoms with van der Waals surface area (Å²) in [6.45, 7) is 5.18. The molecule has 1 aliphatic heterocycles. The Kier molecular flexibility index (Phi) is 2.84. The predicted octanol–water partition coefficient (Wildman–Crippen LogP) is 0.844. The monoisotopic (exact) mass is 195 g/mol. The molecule has 1 aromatic rings. The van der Waals surface area contributed by atoms with Crippen LogP contribution in [0.5, 0.6) is 0 Å². The van der Waals surface area contributed by atoms with Gasteiger partial charge in [-0.25, -0.2) is 0 Å². The lowest BCUT2D eigenvalue weighted by molar-refractivity contribution is 0.144. The molecule has 1 aromatic heterocycles. The lowest BCUT2D eigenvalue weighted by Gasteiger charge is -2.34. The molecule has 0 aliphatic carbocycles. The van der Waals surface area contributed by atoms with Crippen LogP contribution in [-0.2, 0) is 6.54 Å². The van der Waals surface area contributed by atoms with Gasteiger partial charge in [0.15, 0.2) is 5.76 Å². The van der Waals surface area contributed by atoms with E-state index >= 15 is 0 Å². The highest BCUT2D eigenvalue weighted by Crippen LogP contribution is 2.16. The average Bonchev–Trinajstić information content (AvgIpc) is 2.64. The minimum Gasteiger partial charge on any atom is -0.360 e. The maximum Gasteiger partial charge on any atom is 0.150 e. The summed E-state index contributed by atoms with van der Waals surface area (Å²) in [6.07, 6.45) is 2.77. The summed E-state index contributed by atoms with van der Waals surface area (Å²) in [6, 6.07) is 2.28. The van der Waals surface area contributed by atoms with Crippen molar-refractivity contribution in [3.8, 4) is 0 Å². The Morgan fingerprint density at radius 3 is 3.21 bits per heavy atom. The minimum atomic E-state index is 0.362. The van der Waals surface area contributed by atoms with Gasteiger partial charge in [-0.1, -0.05) is 12.1 Å². The lowest BCUT2D eigenvalue weighted by Crippen LogP contribution is -2.45. The molecule has 0 bridgehead atoms. The van der Waals surface area contributed by atoms with Crippen molar-refractivity contribution in [2.45, 2.75) is 25.9 Å². The Labute approximate surface area is 84.0 Å². The van der Waals surface area contributed by atoms with Crippen LogP contribution >= 0.6 is 0 Å². The maximum absolute atomic E-state index is 5.95. The molecule has 0 aromatic carbocycles. The van der Waals surface area contributed by atoms with Gasteiger partial charge in [0.25, 0.3) is 0 Å². The van der Waals surface area contributed by atoms with E-state index in [0.29, 0.717) is 12.0 Å². The van der Waals surface area contributed by atoms with E-state index in [1.807, 2.05) is 6.07 Å². The number of nitrogens with zero attached hydrogens (tertiary/aromatic N) is 2. The van der Waals surface area contributed by atoms with E-state index in [1.165, 1.54) is 0 Å². The summed E-state index contributed by atoms with van der Waals surface area (Å²) in [5.41, 5.74) is 5.95. The van der Waals surface area contributed by atoms with Crippen LogP contribution in [0.2, 0.25) is 0 Å². The Hall–Kier alpha value is -0.870. The second-order valence-corrected chi connectivity index (χ2v) is 4.14. The Bertz CT molecular complexity index is 273. The van der Waals surface area contributed by atoms with E-state index in [4.69, 9.17) is 10.3 Å². The molecule has 2 unspecified atom stereocenters. The van der Waals surface area contributed by atoms with Gasteiger partial charge in [-0.15, -0.1) is 0 Å². The highest BCUT2D eigenvalue weighted by atomic mass is 16.5. The van der Waals surface area contributed by atoms with Crippen molar-refractivity contribution in [3.63, 3.8) is 0 Å². The van der Waals surface area contributed by atoms with Crippen LogP contribution in [0.1, 0.15) is 19.1 Å².